The summed E-state index contributed by atoms with van der Waals surface area (Å²) in [6, 6.07) is 0. The monoisotopic (exact) mass is 338 g/mol. The Kier molecular flexibility index (Phi) is 4.55. The van der Waals surface area contributed by atoms with Crippen LogP contribution in [-0.4, -0.2) is 73.1 Å². The van der Waals surface area contributed by atoms with Crippen molar-refractivity contribution in [3.8, 4) is 0 Å². The minimum Gasteiger partial charge on any atom is -0.466 e. The van der Waals surface area contributed by atoms with E-state index in [4.69, 9.17) is 9.47 Å². The highest BCUT2D eigenvalue weighted by Crippen LogP contribution is 2.45. The molecule has 3 fully saturated rings. The number of methoxy groups -OCH3 is 1. The Labute approximate surface area is 142 Å². The molecule has 2 aliphatic heterocycles. The lowest BCUT2D eigenvalue weighted by molar-refractivity contribution is -0.157. The van der Waals surface area contributed by atoms with E-state index < -0.39 is 17.6 Å². The zero-order valence-corrected chi connectivity index (χ0v) is 14.6. The number of hydrogen-bond donors (Lipinski definition) is 0. The van der Waals surface area contributed by atoms with Crippen molar-refractivity contribution in [2.45, 2.75) is 44.2 Å². The van der Waals surface area contributed by atoms with Gasteiger partial charge in [0.1, 0.15) is 5.92 Å². The third kappa shape index (κ3) is 2.59. The van der Waals surface area contributed by atoms with Crippen LogP contribution in [0.25, 0.3) is 0 Å². The fourth-order valence-corrected chi connectivity index (χ4v) is 4.20. The minimum atomic E-state index is -0.806. The molecule has 134 valence electrons. The Balaban J connectivity index is 1.81. The van der Waals surface area contributed by atoms with E-state index in [1.54, 1.807) is 18.9 Å². The van der Waals surface area contributed by atoms with E-state index in [1.165, 1.54) is 7.11 Å². The van der Waals surface area contributed by atoms with Gasteiger partial charge >= 0.3 is 5.97 Å². The molecule has 2 heterocycles. The van der Waals surface area contributed by atoms with Gasteiger partial charge in [0, 0.05) is 33.2 Å². The van der Waals surface area contributed by atoms with Crippen LogP contribution in [0.1, 0.15) is 32.6 Å². The van der Waals surface area contributed by atoms with Gasteiger partial charge in [-0.25, -0.2) is 0 Å². The number of likely N-dealkylation sites (N-methyl/N-ethyl adjacent to an activating group) is 1. The van der Waals surface area contributed by atoms with Crippen LogP contribution < -0.4 is 0 Å². The number of rotatable bonds is 4. The van der Waals surface area contributed by atoms with E-state index >= 15 is 0 Å². The average molecular weight is 338 g/mol. The topological polar surface area (TPSA) is 76.2 Å². The van der Waals surface area contributed by atoms with E-state index in [-0.39, 0.29) is 30.3 Å². The Morgan fingerprint density at radius 3 is 2.38 bits per heavy atom. The fraction of sp³-hybridized carbons (Fsp3) is 0.824. The second kappa shape index (κ2) is 6.35. The van der Waals surface area contributed by atoms with Gasteiger partial charge in [-0.2, -0.15) is 0 Å². The van der Waals surface area contributed by atoms with Crippen LogP contribution in [0, 0.1) is 11.8 Å². The molecule has 2 saturated heterocycles. The minimum absolute atomic E-state index is 0.183. The molecule has 3 aliphatic rings. The highest BCUT2D eigenvalue weighted by molar-refractivity contribution is 5.93. The van der Waals surface area contributed by atoms with E-state index in [9.17, 15) is 14.4 Å². The first-order chi connectivity index (χ1) is 11.5. The van der Waals surface area contributed by atoms with Crippen molar-refractivity contribution in [1.82, 2.24) is 9.80 Å². The third-order valence-corrected chi connectivity index (χ3v) is 5.79. The molecule has 7 heteroatoms. The van der Waals surface area contributed by atoms with E-state index in [2.05, 4.69) is 0 Å². The van der Waals surface area contributed by atoms with Crippen molar-refractivity contribution >= 4 is 17.8 Å². The summed E-state index contributed by atoms with van der Waals surface area (Å²) in [6.07, 6.45) is 2.32. The lowest BCUT2D eigenvalue weighted by atomic mass is 9.76. The third-order valence-electron chi connectivity index (χ3n) is 5.79. The van der Waals surface area contributed by atoms with Gasteiger partial charge in [-0.15, -0.1) is 0 Å². The van der Waals surface area contributed by atoms with Crippen molar-refractivity contribution in [2.24, 2.45) is 11.8 Å². The van der Waals surface area contributed by atoms with Gasteiger partial charge in [-0.3, -0.25) is 14.4 Å². The predicted molar refractivity (Wildman–Crippen MR) is 85.0 cm³/mol. The summed E-state index contributed by atoms with van der Waals surface area (Å²) in [7, 11) is 3.18. The number of carbonyl (C=O) groups is 3. The highest BCUT2D eigenvalue weighted by atomic mass is 16.5. The van der Waals surface area contributed by atoms with Crippen LogP contribution in [-0.2, 0) is 23.9 Å². The van der Waals surface area contributed by atoms with Gasteiger partial charge in [0.2, 0.25) is 5.91 Å². The maximum atomic E-state index is 12.6. The molecule has 0 aromatic heterocycles. The summed E-state index contributed by atoms with van der Waals surface area (Å²) >= 11 is 0. The Morgan fingerprint density at radius 1 is 1.25 bits per heavy atom. The van der Waals surface area contributed by atoms with Gasteiger partial charge in [-0.05, 0) is 32.6 Å². The maximum Gasteiger partial charge on any atom is 0.314 e. The molecule has 2 amide bonds. The predicted octanol–water partition coefficient (Wildman–Crippen LogP) is 0.424. The van der Waals surface area contributed by atoms with E-state index in [0.29, 0.717) is 25.9 Å². The normalized spacial score (nSPS) is 29.2. The van der Waals surface area contributed by atoms with Crippen LogP contribution in [0.15, 0.2) is 0 Å². The summed E-state index contributed by atoms with van der Waals surface area (Å²) in [5.74, 6) is -0.804. The SMILES string of the molecule is CCOC(=O)[C@@H]1[C@@H](OC)C(=O)N(C)C12CCN(C(=O)C1CC1)CC2. The molecule has 0 aromatic rings. The zero-order valence-electron chi connectivity index (χ0n) is 14.6. The van der Waals surface area contributed by atoms with Crippen molar-refractivity contribution in [3.63, 3.8) is 0 Å². The van der Waals surface area contributed by atoms with Crippen molar-refractivity contribution in [3.05, 3.63) is 0 Å². The molecule has 1 spiro atoms. The molecule has 0 N–H and O–H groups in total. The molecule has 1 aliphatic carbocycles. The number of ether oxygens (including phenoxy) is 2. The number of amides is 2. The van der Waals surface area contributed by atoms with Crippen molar-refractivity contribution in [1.29, 1.82) is 0 Å². The Hall–Kier alpha value is -1.63. The summed E-state index contributed by atoms with van der Waals surface area (Å²) in [5.41, 5.74) is -0.621. The highest BCUT2D eigenvalue weighted by Gasteiger charge is 2.62. The van der Waals surface area contributed by atoms with Crippen LogP contribution >= 0.6 is 0 Å². The smallest absolute Gasteiger partial charge is 0.314 e. The number of likely N-dealkylation sites (tertiary alicyclic amines) is 2. The summed E-state index contributed by atoms with van der Waals surface area (Å²) in [6.45, 7) is 3.16. The van der Waals surface area contributed by atoms with E-state index in [1.807, 2.05) is 4.90 Å². The Morgan fingerprint density at radius 2 is 1.88 bits per heavy atom. The largest absolute Gasteiger partial charge is 0.466 e. The van der Waals surface area contributed by atoms with Crippen LogP contribution in [0.3, 0.4) is 0 Å². The maximum absolute atomic E-state index is 12.6. The van der Waals surface area contributed by atoms with Gasteiger partial charge in [0.25, 0.3) is 5.91 Å². The van der Waals surface area contributed by atoms with Crippen LogP contribution in [0.4, 0.5) is 0 Å². The summed E-state index contributed by atoms with van der Waals surface area (Å²) < 4.78 is 10.6. The molecule has 1 saturated carbocycles. The molecule has 7 nitrogen and oxygen atoms in total. The second-order valence-corrected chi connectivity index (χ2v) is 6.99. The first-order valence-electron chi connectivity index (χ1n) is 8.72. The first-order valence-corrected chi connectivity index (χ1v) is 8.72. The van der Waals surface area contributed by atoms with Gasteiger partial charge in [-0.1, -0.05) is 0 Å². The van der Waals surface area contributed by atoms with Gasteiger partial charge < -0.3 is 19.3 Å². The number of carbonyl (C=O) groups excluding carboxylic acids is 3. The van der Waals surface area contributed by atoms with Crippen molar-refractivity contribution in [2.75, 3.05) is 33.9 Å². The molecular weight excluding hydrogens is 312 g/mol. The Bertz CT molecular complexity index is 537. The number of esters is 1. The first kappa shape index (κ1) is 17.2. The molecule has 0 aromatic carbocycles. The standard InChI is InChI=1S/C17H26N2O5/c1-4-24-16(22)12-13(23-3)15(21)18(2)17(12)7-9-19(10-8-17)14(20)11-5-6-11/h11-13H,4-10H2,1-3H3/t12-,13+/m0/s1. The van der Waals surface area contributed by atoms with E-state index in [0.717, 1.165) is 12.8 Å². The molecule has 3 rings (SSSR count). The summed E-state index contributed by atoms with van der Waals surface area (Å²) in [4.78, 5) is 40.9. The lowest BCUT2D eigenvalue weighted by Gasteiger charge is -2.45. The molecule has 0 radical (unpaired) electrons. The summed E-state index contributed by atoms with van der Waals surface area (Å²) in [5, 5.41) is 0. The second-order valence-electron chi connectivity index (χ2n) is 6.99. The van der Waals surface area contributed by atoms with Crippen LogP contribution in [0.5, 0.6) is 0 Å². The van der Waals surface area contributed by atoms with Gasteiger partial charge in [0.05, 0.1) is 12.1 Å². The lowest BCUT2D eigenvalue weighted by Crippen LogP contribution is -2.57. The molecule has 0 unspecified atom stereocenters. The molecular formula is C17H26N2O5. The van der Waals surface area contributed by atoms with Gasteiger partial charge in [0.15, 0.2) is 6.10 Å². The zero-order chi connectivity index (χ0) is 17.5. The number of piperidine rings is 1. The number of hydrogen-bond acceptors (Lipinski definition) is 5. The quantitative estimate of drug-likeness (QED) is 0.695. The number of nitrogens with zero attached hydrogens (tertiary/aromatic N) is 2. The molecule has 0 bridgehead atoms. The van der Waals surface area contributed by atoms with Crippen molar-refractivity contribution < 1.29 is 23.9 Å². The molecule has 2 atom stereocenters. The fourth-order valence-electron chi connectivity index (χ4n) is 4.20. The average Bonchev–Trinajstić information content (AvgIpc) is 3.40. The molecule has 24 heavy (non-hydrogen) atoms. The van der Waals surface area contributed by atoms with Crippen LogP contribution in [0.2, 0.25) is 0 Å².